The molecule has 20 heavy (non-hydrogen) atoms. The first-order chi connectivity index (χ1) is 9.41. The van der Waals surface area contributed by atoms with Crippen LogP contribution in [0.5, 0.6) is 0 Å². The first kappa shape index (κ1) is 15.3. The second-order valence-corrected chi connectivity index (χ2v) is 6.01. The molecule has 6 nitrogen and oxygen atoms in total. The van der Waals surface area contributed by atoms with Crippen molar-refractivity contribution in [2.45, 2.75) is 31.4 Å². The normalized spacial score (nSPS) is 17.1. The van der Waals surface area contributed by atoms with Gasteiger partial charge >= 0.3 is 0 Å². The van der Waals surface area contributed by atoms with Crippen LogP contribution in [0.3, 0.4) is 0 Å². The van der Waals surface area contributed by atoms with Gasteiger partial charge in [0.2, 0.25) is 0 Å². The lowest BCUT2D eigenvalue weighted by atomic mass is 9.80. The first-order valence-electron chi connectivity index (χ1n) is 6.78. The van der Waals surface area contributed by atoms with Gasteiger partial charge in [-0.15, -0.1) is 0 Å². The maximum atomic E-state index is 12.1. The number of halogens is 1. The van der Waals surface area contributed by atoms with Crippen LogP contribution >= 0.6 is 11.6 Å². The number of anilines is 1. The predicted molar refractivity (Wildman–Crippen MR) is 79.4 cm³/mol. The van der Waals surface area contributed by atoms with Crippen LogP contribution in [0.4, 0.5) is 5.69 Å². The Morgan fingerprint density at radius 2 is 2.25 bits per heavy atom. The zero-order valence-electron chi connectivity index (χ0n) is 11.9. The van der Waals surface area contributed by atoms with Crippen molar-refractivity contribution in [3.8, 4) is 0 Å². The van der Waals surface area contributed by atoms with Crippen molar-refractivity contribution < 1.29 is 5.11 Å². The van der Waals surface area contributed by atoms with Gasteiger partial charge in [0.1, 0.15) is 5.02 Å². The molecule has 0 radical (unpaired) electrons. The summed E-state index contributed by atoms with van der Waals surface area (Å²) in [5, 5.41) is 17.3. The molecule has 0 amide bonds. The van der Waals surface area contributed by atoms with E-state index in [0.717, 1.165) is 25.8 Å². The number of nitrogens with zero attached hydrogens (tertiary/aromatic N) is 3. The fraction of sp³-hybridized carbons (Fsp3) is 0.692. The zero-order valence-corrected chi connectivity index (χ0v) is 12.7. The molecule has 2 N–H and O–H groups in total. The van der Waals surface area contributed by atoms with Crippen molar-refractivity contribution in [1.82, 2.24) is 14.7 Å². The van der Waals surface area contributed by atoms with Crippen LogP contribution in [-0.4, -0.2) is 52.6 Å². The molecule has 0 atom stereocenters. The molecule has 7 heteroatoms. The van der Waals surface area contributed by atoms with Crippen molar-refractivity contribution >= 4 is 17.3 Å². The maximum Gasteiger partial charge on any atom is 0.287 e. The summed E-state index contributed by atoms with van der Waals surface area (Å²) in [5.74, 6) is 0. The monoisotopic (exact) mass is 300 g/mol. The number of aromatic nitrogens is 2. The van der Waals surface area contributed by atoms with Gasteiger partial charge in [-0.3, -0.25) is 4.79 Å². The Hall–Kier alpha value is -1.11. The largest absolute Gasteiger partial charge is 0.388 e. The molecule has 2 rings (SSSR count). The van der Waals surface area contributed by atoms with E-state index in [4.69, 9.17) is 11.6 Å². The van der Waals surface area contributed by atoms with E-state index in [9.17, 15) is 9.90 Å². The molecule has 0 bridgehead atoms. The molecular weight excluding hydrogens is 280 g/mol. The second-order valence-electron chi connectivity index (χ2n) is 5.64. The molecule has 1 aromatic rings. The SMILES string of the molecule is CN(C)CCn1ncc(NCC2(O)CCC2)c(Cl)c1=O. The highest BCUT2D eigenvalue weighted by Gasteiger charge is 2.34. The van der Waals surface area contributed by atoms with Gasteiger partial charge in [-0.25, -0.2) is 4.68 Å². The van der Waals surface area contributed by atoms with Gasteiger partial charge in [0, 0.05) is 13.1 Å². The van der Waals surface area contributed by atoms with Crippen LogP contribution in [0.2, 0.25) is 5.02 Å². The lowest BCUT2D eigenvalue weighted by Crippen LogP contribution is -2.43. The zero-order chi connectivity index (χ0) is 14.8. The van der Waals surface area contributed by atoms with Gasteiger partial charge in [0.05, 0.1) is 24.0 Å². The molecule has 1 fully saturated rings. The highest BCUT2D eigenvalue weighted by Crippen LogP contribution is 2.32. The van der Waals surface area contributed by atoms with Crippen LogP contribution < -0.4 is 10.9 Å². The summed E-state index contributed by atoms with van der Waals surface area (Å²) in [6.07, 6.45) is 4.15. The van der Waals surface area contributed by atoms with Crippen molar-refractivity contribution in [3.63, 3.8) is 0 Å². The minimum absolute atomic E-state index is 0.127. The van der Waals surface area contributed by atoms with Gasteiger partial charge in [-0.1, -0.05) is 11.6 Å². The molecule has 0 unspecified atom stereocenters. The van der Waals surface area contributed by atoms with Crippen LogP contribution in [0, 0.1) is 0 Å². The van der Waals surface area contributed by atoms with Gasteiger partial charge in [-0.2, -0.15) is 5.10 Å². The summed E-state index contributed by atoms with van der Waals surface area (Å²) in [6, 6.07) is 0. The summed E-state index contributed by atoms with van der Waals surface area (Å²) in [6.45, 7) is 1.61. The van der Waals surface area contributed by atoms with E-state index in [1.54, 1.807) is 6.20 Å². The van der Waals surface area contributed by atoms with E-state index < -0.39 is 5.60 Å². The standard InChI is InChI=1S/C13H21ClN4O2/c1-17(2)6-7-18-12(19)11(14)10(8-16-18)15-9-13(20)4-3-5-13/h8,15,20H,3-7,9H2,1-2H3. The van der Waals surface area contributed by atoms with E-state index in [1.165, 1.54) is 4.68 Å². The van der Waals surface area contributed by atoms with E-state index in [2.05, 4.69) is 10.4 Å². The van der Waals surface area contributed by atoms with Crippen molar-refractivity contribution in [2.24, 2.45) is 0 Å². The quantitative estimate of drug-likeness (QED) is 0.813. The summed E-state index contributed by atoms with van der Waals surface area (Å²) in [7, 11) is 3.86. The van der Waals surface area contributed by atoms with Crippen molar-refractivity contribution in [3.05, 3.63) is 21.6 Å². The first-order valence-corrected chi connectivity index (χ1v) is 7.16. The summed E-state index contributed by atoms with van der Waals surface area (Å²) in [5.41, 5.74) is -0.486. The molecule has 0 aliphatic heterocycles. The van der Waals surface area contributed by atoms with Crippen LogP contribution in [0.25, 0.3) is 0 Å². The second kappa shape index (κ2) is 6.11. The van der Waals surface area contributed by atoms with E-state index in [1.807, 2.05) is 19.0 Å². The van der Waals surface area contributed by atoms with Gasteiger partial charge in [-0.05, 0) is 33.4 Å². The molecule has 1 saturated carbocycles. The number of aliphatic hydroxyl groups is 1. The van der Waals surface area contributed by atoms with Gasteiger partial charge in [0.15, 0.2) is 0 Å². The molecule has 0 spiro atoms. The molecule has 1 heterocycles. The van der Waals surface area contributed by atoms with Crippen LogP contribution in [0.1, 0.15) is 19.3 Å². The Balaban J connectivity index is 2.04. The minimum atomic E-state index is -0.664. The molecule has 0 aromatic carbocycles. The predicted octanol–water partition coefficient (Wildman–Crippen LogP) is 0.785. The van der Waals surface area contributed by atoms with E-state index >= 15 is 0 Å². The number of rotatable bonds is 6. The topological polar surface area (TPSA) is 70.4 Å². The lowest BCUT2D eigenvalue weighted by molar-refractivity contribution is -0.0202. The third kappa shape index (κ3) is 3.50. The summed E-state index contributed by atoms with van der Waals surface area (Å²) in [4.78, 5) is 14.0. The Labute approximate surface area is 123 Å². The van der Waals surface area contributed by atoms with E-state index in [-0.39, 0.29) is 10.6 Å². The number of likely N-dealkylation sites (N-methyl/N-ethyl adjacent to an activating group) is 1. The third-order valence-electron chi connectivity index (χ3n) is 3.64. The van der Waals surface area contributed by atoms with Crippen LogP contribution in [-0.2, 0) is 6.54 Å². The number of nitrogens with one attached hydrogen (secondary N) is 1. The lowest BCUT2D eigenvalue weighted by Gasteiger charge is -2.36. The Morgan fingerprint density at radius 1 is 1.55 bits per heavy atom. The Bertz CT molecular complexity index is 526. The molecule has 0 saturated heterocycles. The summed E-state index contributed by atoms with van der Waals surface area (Å²) >= 11 is 6.07. The number of hydrogen-bond donors (Lipinski definition) is 2. The Kier molecular flexibility index (Phi) is 4.67. The fourth-order valence-electron chi connectivity index (χ4n) is 2.06. The average Bonchev–Trinajstić information content (AvgIpc) is 2.37. The molecule has 112 valence electrons. The molecular formula is C13H21ClN4O2. The molecule has 1 aliphatic rings. The fourth-order valence-corrected chi connectivity index (χ4v) is 2.28. The highest BCUT2D eigenvalue weighted by molar-refractivity contribution is 6.32. The van der Waals surface area contributed by atoms with E-state index in [0.29, 0.717) is 18.8 Å². The maximum absolute atomic E-state index is 12.1. The Morgan fingerprint density at radius 3 is 2.80 bits per heavy atom. The summed E-state index contributed by atoms with van der Waals surface area (Å²) < 4.78 is 1.35. The van der Waals surface area contributed by atoms with Crippen LogP contribution in [0.15, 0.2) is 11.0 Å². The van der Waals surface area contributed by atoms with Crippen molar-refractivity contribution in [2.75, 3.05) is 32.5 Å². The minimum Gasteiger partial charge on any atom is -0.388 e. The number of hydrogen-bond acceptors (Lipinski definition) is 5. The smallest absolute Gasteiger partial charge is 0.287 e. The third-order valence-corrected chi connectivity index (χ3v) is 4.00. The van der Waals surface area contributed by atoms with Gasteiger partial charge in [0.25, 0.3) is 5.56 Å². The van der Waals surface area contributed by atoms with Crippen molar-refractivity contribution in [1.29, 1.82) is 0 Å². The average molecular weight is 301 g/mol. The highest BCUT2D eigenvalue weighted by atomic mass is 35.5. The van der Waals surface area contributed by atoms with Gasteiger partial charge < -0.3 is 15.3 Å². The molecule has 1 aliphatic carbocycles. The molecule has 1 aromatic heterocycles.